The Morgan fingerprint density at radius 1 is 1.00 bits per heavy atom. The van der Waals surface area contributed by atoms with Crippen LogP contribution in [0.3, 0.4) is 0 Å². The first kappa shape index (κ1) is 15.4. The molecule has 1 amide bonds. The van der Waals surface area contributed by atoms with Crippen molar-refractivity contribution in [2.24, 2.45) is 4.99 Å². The second-order valence-electron chi connectivity index (χ2n) is 5.28. The minimum Gasteiger partial charge on any atom is -0.328 e. The van der Waals surface area contributed by atoms with Crippen molar-refractivity contribution in [2.75, 3.05) is 0 Å². The number of carbonyl (C=O) groups is 1. The molecule has 0 aliphatic carbocycles. The van der Waals surface area contributed by atoms with E-state index in [0.29, 0.717) is 23.2 Å². The maximum Gasteiger partial charge on any atom is 0.278 e. The molecule has 0 saturated carbocycles. The Balaban J connectivity index is 1.95. The lowest BCUT2D eigenvalue weighted by atomic mass is 10.1. The maximum atomic E-state index is 12.4. The van der Waals surface area contributed by atoms with Gasteiger partial charge in [-0.3, -0.25) is 4.79 Å². The summed E-state index contributed by atoms with van der Waals surface area (Å²) in [5.41, 5.74) is 2.56. The zero-order chi connectivity index (χ0) is 16.8. The normalized spacial score (nSPS) is 11.0. The highest BCUT2D eigenvalue weighted by atomic mass is 16.1. The van der Waals surface area contributed by atoms with Gasteiger partial charge in [-0.15, -0.1) is 0 Å². The summed E-state index contributed by atoms with van der Waals surface area (Å²) in [5, 5.41) is 8.95. The first-order chi connectivity index (χ1) is 11.8. The summed E-state index contributed by atoms with van der Waals surface area (Å²) < 4.78 is 1.92. The van der Waals surface area contributed by atoms with Crippen LogP contribution in [0.2, 0.25) is 0 Å². The molecule has 0 radical (unpaired) electrons. The van der Waals surface area contributed by atoms with Gasteiger partial charge < -0.3 is 4.57 Å². The van der Waals surface area contributed by atoms with E-state index in [4.69, 9.17) is 5.26 Å². The fourth-order valence-electron chi connectivity index (χ4n) is 2.37. The van der Waals surface area contributed by atoms with E-state index in [1.807, 2.05) is 59.3 Å². The smallest absolute Gasteiger partial charge is 0.278 e. The van der Waals surface area contributed by atoms with E-state index in [1.54, 1.807) is 30.3 Å². The van der Waals surface area contributed by atoms with E-state index in [-0.39, 0.29) is 5.91 Å². The predicted molar refractivity (Wildman–Crippen MR) is 91.0 cm³/mol. The molecule has 2 aromatic carbocycles. The lowest BCUT2D eigenvalue weighted by molar-refractivity contribution is 0.0997. The Labute approximate surface area is 140 Å². The highest BCUT2D eigenvalue weighted by Crippen LogP contribution is 2.05. The number of pyridine rings is 1. The third kappa shape index (κ3) is 3.65. The molecule has 1 aromatic heterocycles. The van der Waals surface area contributed by atoms with Crippen LogP contribution in [0.5, 0.6) is 0 Å². The van der Waals surface area contributed by atoms with E-state index >= 15 is 0 Å². The van der Waals surface area contributed by atoms with Gasteiger partial charge in [-0.1, -0.05) is 42.5 Å². The summed E-state index contributed by atoms with van der Waals surface area (Å²) >= 11 is 0. The third-order valence-electron chi connectivity index (χ3n) is 3.57. The second-order valence-corrected chi connectivity index (χ2v) is 5.28. The van der Waals surface area contributed by atoms with Crippen LogP contribution in [0.4, 0.5) is 0 Å². The minimum atomic E-state index is -0.361. The highest BCUT2D eigenvalue weighted by Gasteiger charge is 2.05. The standard InChI is InChI=1S/C20H15N3O/c21-14-17-9-6-10-18(13-17)20(24)22-19-11-4-5-12-23(19)15-16-7-2-1-3-8-16/h1-13H,15H2. The molecule has 116 valence electrons. The largest absolute Gasteiger partial charge is 0.328 e. The van der Waals surface area contributed by atoms with Crippen molar-refractivity contribution in [3.63, 3.8) is 0 Å². The van der Waals surface area contributed by atoms with E-state index in [2.05, 4.69) is 4.99 Å². The summed E-state index contributed by atoms with van der Waals surface area (Å²) in [7, 11) is 0. The van der Waals surface area contributed by atoms with Crippen LogP contribution in [0, 0.1) is 11.3 Å². The Kier molecular flexibility index (Phi) is 4.64. The summed E-state index contributed by atoms with van der Waals surface area (Å²) in [6.07, 6.45) is 1.89. The van der Waals surface area contributed by atoms with Gasteiger partial charge in [-0.25, -0.2) is 0 Å². The van der Waals surface area contributed by atoms with Crippen molar-refractivity contribution in [1.82, 2.24) is 4.57 Å². The molecule has 0 aliphatic heterocycles. The molecule has 0 spiro atoms. The molecular weight excluding hydrogens is 298 g/mol. The lowest BCUT2D eigenvalue weighted by Crippen LogP contribution is -2.22. The number of nitriles is 1. The highest BCUT2D eigenvalue weighted by molar-refractivity contribution is 5.95. The summed E-state index contributed by atoms with van der Waals surface area (Å²) in [6.45, 7) is 0.631. The number of hydrogen-bond acceptors (Lipinski definition) is 2. The Morgan fingerprint density at radius 3 is 2.58 bits per heavy atom. The predicted octanol–water partition coefficient (Wildman–Crippen LogP) is 3.15. The molecule has 0 aliphatic rings. The first-order valence-electron chi connectivity index (χ1n) is 7.55. The van der Waals surface area contributed by atoms with Crippen LogP contribution in [-0.4, -0.2) is 10.5 Å². The Bertz CT molecular complexity index is 966. The van der Waals surface area contributed by atoms with Crippen molar-refractivity contribution in [1.29, 1.82) is 5.26 Å². The van der Waals surface area contributed by atoms with Crippen LogP contribution >= 0.6 is 0 Å². The molecule has 0 atom stereocenters. The van der Waals surface area contributed by atoms with Crippen molar-refractivity contribution in [3.8, 4) is 6.07 Å². The molecule has 1 heterocycles. The van der Waals surface area contributed by atoms with E-state index < -0.39 is 0 Å². The Morgan fingerprint density at radius 2 is 1.79 bits per heavy atom. The van der Waals surface area contributed by atoms with Gasteiger partial charge in [0.25, 0.3) is 5.91 Å². The second kappa shape index (κ2) is 7.21. The summed E-state index contributed by atoms with van der Waals surface area (Å²) in [5.74, 6) is -0.361. The average molecular weight is 313 g/mol. The van der Waals surface area contributed by atoms with Crippen LogP contribution in [0.25, 0.3) is 0 Å². The molecule has 24 heavy (non-hydrogen) atoms. The number of amides is 1. The first-order valence-corrected chi connectivity index (χ1v) is 7.55. The number of nitrogens with zero attached hydrogens (tertiary/aromatic N) is 3. The Hall–Kier alpha value is -3.45. The fourth-order valence-corrected chi connectivity index (χ4v) is 2.37. The van der Waals surface area contributed by atoms with Gasteiger partial charge in [0.1, 0.15) is 5.49 Å². The minimum absolute atomic E-state index is 0.361. The van der Waals surface area contributed by atoms with Crippen molar-refractivity contribution < 1.29 is 4.79 Å². The van der Waals surface area contributed by atoms with Gasteiger partial charge in [0.15, 0.2) is 0 Å². The average Bonchev–Trinajstić information content (AvgIpc) is 2.64. The number of benzene rings is 2. The van der Waals surface area contributed by atoms with Gasteiger partial charge in [0.2, 0.25) is 0 Å². The van der Waals surface area contributed by atoms with Crippen molar-refractivity contribution >= 4 is 5.91 Å². The SMILES string of the molecule is N#Cc1cccc(C(=O)N=c2ccccn2Cc2ccccc2)c1. The van der Waals surface area contributed by atoms with E-state index in [1.165, 1.54) is 0 Å². The topological polar surface area (TPSA) is 58.1 Å². The van der Waals surface area contributed by atoms with Crippen LogP contribution in [0.1, 0.15) is 21.5 Å². The quantitative estimate of drug-likeness (QED) is 0.746. The van der Waals surface area contributed by atoms with Gasteiger partial charge >= 0.3 is 0 Å². The molecule has 0 unspecified atom stereocenters. The lowest BCUT2D eigenvalue weighted by Gasteiger charge is -2.07. The number of hydrogen-bond donors (Lipinski definition) is 0. The molecule has 0 bridgehead atoms. The van der Waals surface area contributed by atoms with E-state index in [0.717, 1.165) is 5.56 Å². The van der Waals surface area contributed by atoms with Crippen LogP contribution < -0.4 is 5.49 Å². The maximum absolute atomic E-state index is 12.4. The molecule has 4 heteroatoms. The summed E-state index contributed by atoms with van der Waals surface area (Å²) in [4.78, 5) is 16.6. The van der Waals surface area contributed by atoms with Gasteiger partial charge in [0.05, 0.1) is 11.6 Å². The number of carbonyl (C=O) groups excluding carboxylic acids is 1. The monoisotopic (exact) mass is 313 g/mol. The fraction of sp³-hybridized carbons (Fsp3) is 0.0500. The van der Waals surface area contributed by atoms with Crippen molar-refractivity contribution in [3.05, 3.63) is 101 Å². The van der Waals surface area contributed by atoms with Gasteiger partial charge in [-0.05, 0) is 35.9 Å². The molecule has 4 nitrogen and oxygen atoms in total. The van der Waals surface area contributed by atoms with E-state index in [9.17, 15) is 4.79 Å². The van der Waals surface area contributed by atoms with Gasteiger partial charge in [0, 0.05) is 18.3 Å². The number of rotatable bonds is 3. The van der Waals surface area contributed by atoms with Crippen LogP contribution in [-0.2, 0) is 6.54 Å². The van der Waals surface area contributed by atoms with Gasteiger partial charge in [-0.2, -0.15) is 10.3 Å². The molecule has 0 saturated heterocycles. The zero-order valence-electron chi connectivity index (χ0n) is 13.0. The van der Waals surface area contributed by atoms with Crippen LogP contribution in [0.15, 0.2) is 84.0 Å². The zero-order valence-corrected chi connectivity index (χ0v) is 13.0. The summed E-state index contributed by atoms with van der Waals surface area (Å²) in [6, 6.07) is 24.1. The molecule has 3 aromatic rings. The molecular formula is C20H15N3O. The molecule has 0 N–H and O–H groups in total. The third-order valence-corrected chi connectivity index (χ3v) is 3.57. The van der Waals surface area contributed by atoms with Crippen molar-refractivity contribution in [2.45, 2.75) is 6.54 Å². The molecule has 0 fully saturated rings. The number of aromatic nitrogens is 1. The molecule has 3 rings (SSSR count).